The predicted molar refractivity (Wildman–Crippen MR) is 76.7 cm³/mol. The first kappa shape index (κ1) is 16.0. The zero-order chi connectivity index (χ0) is 15.6. The van der Waals surface area contributed by atoms with Gasteiger partial charge in [-0.25, -0.2) is 13.4 Å². The van der Waals surface area contributed by atoms with Gasteiger partial charge in [0, 0.05) is 29.2 Å². The smallest absolute Gasteiger partial charge is 0.280 e. The Kier molecular flexibility index (Phi) is 4.67. The molecule has 0 amide bonds. The Morgan fingerprint density at radius 1 is 1.38 bits per heavy atom. The van der Waals surface area contributed by atoms with Gasteiger partial charge < -0.3 is 9.09 Å². The number of imidazole rings is 1. The zero-order valence-corrected chi connectivity index (χ0v) is 13.6. The Morgan fingerprint density at radius 3 is 2.67 bits per heavy atom. The van der Waals surface area contributed by atoms with Crippen LogP contribution in [-0.4, -0.2) is 28.1 Å². The number of halogens is 1. The molecule has 0 unspecified atom stereocenters. The third-order valence-corrected chi connectivity index (χ3v) is 4.01. The lowest BCUT2D eigenvalue weighted by Crippen LogP contribution is -2.06. The fraction of sp³-hybridized carbons (Fsp3) is 0.583. The van der Waals surface area contributed by atoms with Gasteiger partial charge in [0.2, 0.25) is 5.89 Å². The summed E-state index contributed by atoms with van der Waals surface area (Å²) in [5.74, 6) is 1.69. The van der Waals surface area contributed by atoms with Gasteiger partial charge in [0.05, 0.1) is 0 Å². The maximum atomic E-state index is 11.4. The Morgan fingerprint density at radius 2 is 2.10 bits per heavy atom. The molecule has 0 bridgehead atoms. The van der Waals surface area contributed by atoms with Gasteiger partial charge in [-0.3, -0.25) is 0 Å². The Balaban J connectivity index is 2.31. The van der Waals surface area contributed by atoms with Crippen LogP contribution in [0.2, 0.25) is 0 Å². The summed E-state index contributed by atoms with van der Waals surface area (Å²) in [5.41, 5.74) is 0. The molecule has 9 heteroatoms. The largest absolute Gasteiger partial charge is 0.337 e. The van der Waals surface area contributed by atoms with Crippen LogP contribution >= 0.6 is 10.7 Å². The topological polar surface area (TPSA) is 90.9 Å². The molecule has 0 atom stereocenters. The Labute approximate surface area is 127 Å². The third kappa shape index (κ3) is 3.82. The molecular formula is C12H17ClN4O3S. The first-order valence-electron chi connectivity index (χ1n) is 6.64. The summed E-state index contributed by atoms with van der Waals surface area (Å²) in [5, 5.41) is 3.70. The highest BCUT2D eigenvalue weighted by Crippen LogP contribution is 2.20. The summed E-state index contributed by atoms with van der Waals surface area (Å²) >= 11 is 0. The number of nitrogens with zero attached hydrogens (tertiary/aromatic N) is 4. The van der Waals surface area contributed by atoms with Crippen molar-refractivity contribution in [1.29, 1.82) is 0 Å². The maximum absolute atomic E-state index is 11.4. The average molecular weight is 333 g/mol. The monoisotopic (exact) mass is 332 g/mol. The number of aryl methyl sites for hydroxylation is 1. The van der Waals surface area contributed by atoms with Crippen LogP contribution in [-0.2, 0) is 22.0 Å². The predicted octanol–water partition coefficient (Wildman–Crippen LogP) is 2.32. The van der Waals surface area contributed by atoms with Crippen LogP contribution < -0.4 is 0 Å². The first-order valence-corrected chi connectivity index (χ1v) is 8.95. The van der Waals surface area contributed by atoms with E-state index in [0.717, 1.165) is 12.8 Å². The van der Waals surface area contributed by atoms with Crippen LogP contribution in [0.25, 0.3) is 0 Å². The van der Waals surface area contributed by atoms with Gasteiger partial charge >= 0.3 is 0 Å². The molecule has 7 nitrogen and oxygen atoms in total. The van der Waals surface area contributed by atoms with E-state index in [1.54, 1.807) is 4.57 Å². The highest BCUT2D eigenvalue weighted by atomic mass is 35.7. The lowest BCUT2D eigenvalue weighted by atomic mass is 10.2. The van der Waals surface area contributed by atoms with Crippen LogP contribution in [0.5, 0.6) is 0 Å². The van der Waals surface area contributed by atoms with Crippen molar-refractivity contribution in [2.75, 3.05) is 0 Å². The van der Waals surface area contributed by atoms with Crippen LogP contribution in [0, 0.1) is 0 Å². The molecule has 0 aliphatic rings. The van der Waals surface area contributed by atoms with Gasteiger partial charge in [-0.05, 0) is 6.42 Å². The molecule has 2 aromatic rings. The molecule has 0 saturated carbocycles. The highest BCUT2D eigenvalue weighted by molar-refractivity contribution is 8.13. The second-order valence-electron chi connectivity index (χ2n) is 5.01. The molecule has 2 rings (SSSR count). The third-order valence-electron chi connectivity index (χ3n) is 2.84. The molecule has 0 aliphatic heterocycles. The summed E-state index contributed by atoms with van der Waals surface area (Å²) < 4.78 is 29.6. The van der Waals surface area contributed by atoms with Crippen molar-refractivity contribution in [1.82, 2.24) is 19.7 Å². The lowest BCUT2D eigenvalue weighted by Gasteiger charge is -2.06. The number of rotatable bonds is 6. The van der Waals surface area contributed by atoms with Crippen molar-refractivity contribution in [2.24, 2.45) is 0 Å². The van der Waals surface area contributed by atoms with Crippen LogP contribution in [0.15, 0.2) is 15.7 Å². The van der Waals surface area contributed by atoms with E-state index in [4.69, 9.17) is 15.2 Å². The Bertz CT molecular complexity index is 721. The van der Waals surface area contributed by atoms with Crippen molar-refractivity contribution in [3.05, 3.63) is 23.7 Å². The van der Waals surface area contributed by atoms with Gasteiger partial charge in [-0.2, -0.15) is 4.98 Å². The first-order chi connectivity index (χ1) is 9.81. The zero-order valence-electron chi connectivity index (χ0n) is 12.1. The molecule has 0 N–H and O–H groups in total. The second-order valence-corrected chi connectivity index (χ2v) is 7.52. The van der Waals surface area contributed by atoms with Crippen LogP contribution in [0.3, 0.4) is 0 Å². The summed E-state index contributed by atoms with van der Waals surface area (Å²) in [6.07, 6.45) is 3.06. The van der Waals surface area contributed by atoms with Crippen molar-refractivity contribution in [3.63, 3.8) is 0 Å². The molecule has 2 heterocycles. The van der Waals surface area contributed by atoms with E-state index in [9.17, 15) is 8.42 Å². The van der Waals surface area contributed by atoms with Gasteiger partial charge in [-0.15, -0.1) is 0 Å². The van der Waals surface area contributed by atoms with E-state index < -0.39 is 9.05 Å². The van der Waals surface area contributed by atoms with Crippen molar-refractivity contribution >= 4 is 19.7 Å². The highest BCUT2D eigenvalue weighted by Gasteiger charge is 2.20. The van der Waals surface area contributed by atoms with Crippen LogP contribution in [0.1, 0.15) is 50.6 Å². The standard InChI is InChI=1S/C12H17ClN4O3S/c1-4-5-9-14-10(20-16-9)6-17-7-11(21(13,18)19)15-12(17)8(2)3/h7-8H,4-6H2,1-3H3. The molecule has 0 saturated heterocycles. The molecular weight excluding hydrogens is 316 g/mol. The minimum absolute atomic E-state index is 0.0372. The second kappa shape index (κ2) is 6.15. The lowest BCUT2D eigenvalue weighted by molar-refractivity contribution is 0.364. The summed E-state index contributed by atoms with van der Waals surface area (Å²) in [7, 11) is 1.48. The fourth-order valence-corrected chi connectivity index (χ4v) is 2.61. The molecule has 0 aliphatic carbocycles. The Hall–Kier alpha value is -1.41. The van der Waals surface area contributed by atoms with E-state index in [-0.39, 0.29) is 17.5 Å². The van der Waals surface area contributed by atoms with Crippen LogP contribution in [0.4, 0.5) is 0 Å². The van der Waals surface area contributed by atoms with Crippen molar-refractivity contribution < 1.29 is 12.9 Å². The molecule has 0 aromatic carbocycles. The quantitative estimate of drug-likeness (QED) is 0.754. The van der Waals surface area contributed by atoms with Crippen molar-refractivity contribution in [2.45, 2.75) is 51.1 Å². The minimum atomic E-state index is -3.86. The number of hydrogen-bond acceptors (Lipinski definition) is 6. The van der Waals surface area contributed by atoms with E-state index in [1.807, 2.05) is 20.8 Å². The van der Waals surface area contributed by atoms with E-state index in [0.29, 0.717) is 17.5 Å². The van der Waals surface area contributed by atoms with Gasteiger partial charge in [-0.1, -0.05) is 25.9 Å². The molecule has 0 radical (unpaired) electrons. The molecule has 2 aromatic heterocycles. The normalized spacial score (nSPS) is 12.2. The molecule has 21 heavy (non-hydrogen) atoms. The van der Waals surface area contributed by atoms with Gasteiger partial charge in [0.25, 0.3) is 9.05 Å². The maximum Gasteiger partial charge on any atom is 0.280 e. The van der Waals surface area contributed by atoms with E-state index in [1.165, 1.54) is 6.20 Å². The molecule has 0 fully saturated rings. The number of aromatic nitrogens is 4. The van der Waals surface area contributed by atoms with E-state index >= 15 is 0 Å². The fourth-order valence-electron chi connectivity index (χ4n) is 1.94. The van der Waals surface area contributed by atoms with Crippen molar-refractivity contribution in [3.8, 4) is 0 Å². The molecule has 0 spiro atoms. The van der Waals surface area contributed by atoms with Gasteiger partial charge in [0.15, 0.2) is 10.9 Å². The van der Waals surface area contributed by atoms with Gasteiger partial charge in [0.1, 0.15) is 12.4 Å². The SMILES string of the molecule is CCCc1noc(Cn2cc(S(=O)(=O)Cl)nc2C(C)C)n1. The summed E-state index contributed by atoms with van der Waals surface area (Å²) in [6, 6.07) is 0. The van der Waals surface area contributed by atoms with E-state index in [2.05, 4.69) is 15.1 Å². The average Bonchev–Trinajstić information content (AvgIpc) is 2.96. The molecule has 116 valence electrons. The number of hydrogen-bond donors (Lipinski definition) is 0. The summed E-state index contributed by atoms with van der Waals surface area (Å²) in [4.78, 5) is 8.33. The summed E-state index contributed by atoms with van der Waals surface area (Å²) in [6.45, 7) is 6.13. The minimum Gasteiger partial charge on any atom is -0.337 e.